The molecule has 3 nitrogen and oxygen atoms in total. The average Bonchev–Trinajstić information content (AvgIpc) is 2.37. The second kappa shape index (κ2) is 5.76. The number of thioether (sulfide) groups is 1. The highest BCUT2D eigenvalue weighted by Crippen LogP contribution is 2.36. The van der Waals surface area contributed by atoms with Crippen LogP contribution in [0.4, 0.5) is 0 Å². The first-order valence-corrected chi connectivity index (χ1v) is 6.96. The summed E-state index contributed by atoms with van der Waals surface area (Å²) in [4.78, 5) is 0. The van der Waals surface area contributed by atoms with E-state index < -0.39 is 0 Å². The molecule has 0 heterocycles. The van der Waals surface area contributed by atoms with Crippen molar-refractivity contribution < 1.29 is 9.84 Å². The number of hydrogen-bond acceptors (Lipinski definition) is 4. The van der Waals surface area contributed by atoms with Gasteiger partial charge in [0.25, 0.3) is 0 Å². The fourth-order valence-electron chi connectivity index (χ4n) is 2.32. The number of benzene rings is 1. The van der Waals surface area contributed by atoms with Crippen LogP contribution < -0.4 is 10.5 Å². The fourth-order valence-corrected chi connectivity index (χ4v) is 3.37. The van der Waals surface area contributed by atoms with Crippen LogP contribution in [0.2, 0.25) is 0 Å². The Kier molecular flexibility index (Phi) is 4.31. The number of fused-ring (bicyclic) bond motifs is 1. The SMILES string of the molecule is COc1ccc2c(c1)CCC(SCCO)C2N. The second-order valence-corrected chi connectivity index (χ2v) is 5.61. The molecular formula is C13H19NO2S. The summed E-state index contributed by atoms with van der Waals surface area (Å²) >= 11 is 1.77. The Morgan fingerprint density at radius 2 is 2.35 bits per heavy atom. The quantitative estimate of drug-likeness (QED) is 0.858. The van der Waals surface area contributed by atoms with E-state index in [1.165, 1.54) is 11.1 Å². The maximum Gasteiger partial charge on any atom is 0.119 e. The Labute approximate surface area is 106 Å². The minimum absolute atomic E-state index is 0.0706. The molecule has 1 aromatic rings. The van der Waals surface area contributed by atoms with Gasteiger partial charge in [0.15, 0.2) is 0 Å². The van der Waals surface area contributed by atoms with Gasteiger partial charge in [-0.2, -0.15) is 11.8 Å². The van der Waals surface area contributed by atoms with Gasteiger partial charge >= 0.3 is 0 Å². The van der Waals surface area contributed by atoms with Gasteiger partial charge in [-0.05, 0) is 36.1 Å². The molecule has 0 fully saturated rings. The Bertz CT molecular complexity index is 384. The van der Waals surface area contributed by atoms with Crippen molar-refractivity contribution in [2.45, 2.75) is 24.1 Å². The number of rotatable bonds is 4. The third-order valence-corrected chi connectivity index (χ3v) is 4.61. The van der Waals surface area contributed by atoms with E-state index in [9.17, 15) is 0 Å². The average molecular weight is 253 g/mol. The molecule has 4 heteroatoms. The van der Waals surface area contributed by atoms with Crippen LogP contribution in [-0.4, -0.2) is 29.8 Å². The molecule has 1 aliphatic rings. The minimum atomic E-state index is 0.0706. The topological polar surface area (TPSA) is 55.5 Å². The van der Waals surface area contributed by atoms with Crippen LogP contribution in [0, 0.1) is 0 Å². The largest absolute Gasteiger partial charge is 0.497 e. The summed E-state index contributed by atoms with van der Waals surface area (Å²) < 4.78 is 5.23. The molecule has 2 unspecified atom stereocenters. The number of methoxy groups -OCH3 is 1. The maximum atomic E-state index is 8.87. The van der Waals surface area contributed by atoms with E-state index in [2.05, 4.69) is 12.1 Å². The predicted molar refractivity (Wildman–Crippen MR) is 71.6 cm³/mol. The van der Waals surface area contributed by atoms with E-state index in [-0.39, 0.29) is 12.6 Å². The lowest BCUT2D eigenvalue weighted by atomic mass is 9.87. The van der Waals surface area contributed by atoms with Crippen LogP contribution >= 0.6 is 11.8 Å². The molecule has 0 spiro atoms. The summed E-state index contributed by atoms with van der Waals surface area (Å²) in [6.45, 7) is 0.226. The number of aliphatic hydroxyl groups excluding tert-OH is 1. The van der Waals surface area contributed by atoms with Crippen LogP contribution in [-0.2, 0) is 6.42 Å². The standard InChI is InChI=1S/C13H19NO2S/c1-16-10-3-4-11-9(8-10)2-5-12(13(11)14)17-7-6-15/h3-4,8,12-13,15H,2,5-7,14H2,1H3. The molecule has 2 atom stereocenters. The lowest BCUT2D eigenvalue weighted by Crippen LogP contribution is -2.29. The molecule has 0 bridgehead atoms. The van der Waals surface area contributed by atoms with Crippen molar-refractivity contribution in [2.24, 2.45) is 5.73 Å². The summed E-state index contributed by atoms with van der Waals surface area (Å²) in [7, 11) is 1.68. The Morgan fingerprint density at radius 3 is 3.06 bits per heavy atom. The van der Waals surface area contributed by atoms with E-state index in [1.54, 1.807) is 18.9 Å². The molecule has 0 saturated carbocycles. The van der Waals surface area contributed by atoms with Crippen molar-refractivity contribution in [3.8, 4) is 5.75 Å². The van der Waals surface area contributed by atoms with Crippen LogP contribution in [0.5, 0.6) is 5.75 Å². The van der Waals surface area contributed by atoms with Gasteiger partial charge in [-0.3, -0.25) is 0 Å². The van der Waals surface area contributed by atoms with Crippen molar-refractivity contribution in [3.05, 3.63) is 29.3 Å². The van der Waals surface area contributed by atoms with E-state index >= 15 is 0 Å². The fraction of sp³-hybridized carbons (Fsp3) is 0.538. The second-order valence-electron chi connectivity index (χ2n) is 4.26. The molecule has 1 aliphatic carbocycles. The molecule has 2 rings (SSSR count). The van der Waals surface area contributed by atoms with Crippen molar-refractivity contribution in [2.75, 3.05) is 19.5 Å². The van der Waals surface area contributed by atoms with E-state index in [4.69, 9.17) is 15.6 Å². The molecular weight excluding hydrogens is 234 g/mol. The molecule has 3 N–H and O–H groups in total. The third kappa shape index (κ3) is 2.76. The Balaban J connectivity index is 2.15. The number of nitrogens with two attached hydrogens (primary N) is 1. The van der Waals surface area contributed by atoms with E-state index in [1.807, 2.05) is 6.07 Å². The highest BCUT2D eigenvalue weighted by Gasteiger charge is 2.26. The van der Waals surface area contributed by atoms with Gasteiger partial charge in [-0.15, -0.1) is 0 Å². The number of ether oxygens (including phenoxy) is 1. The first kappa shape index (κ1) is 12.7. The zero-order valence-corrected chi connectivity index (χ0v) is 10.9. The number of aliphatic hydroxyl groups is 1. The zero-order chi connectivity index (χ0) is 12.3. The molecule has 0 radical (unpaired) electrons. The number of aryl methyl sites for hydroxylation is 1. The molecule has 0 aromatic heterocycles. The van der Waals surface area contributed by atoms with E-state index in [0.29, 0.717) is 5.25 Å². The van der Waals surface area contributed by atoms with Gasteiger partial charge in [-0.25, -0.2) is 0 Å². The molecule has 17 heavy (non-hydrogen) atoms. The maximum absolute atomic E-state index is 8.87. The summed E-state index contributed by atoms with van der Waals surface area (Å²) in [6.07, 6.45) is 2.12. The molecule has 0 aliphatic heterocycles. The normalized spacial score (nSPS) is 23.2. The van der Waals surface area contributed by atoms with Gasteiger partial charge < -0.3 is 15.6 Å². The van der Waals surface area contributed by atoms with Crippen molar-refractivity contribution >= 4 is 11.8 Å². The van der Waals surface area contributed by atoms with Crippen molar-refractivity contribution in [3.63, 3.8) is 0 Å². The first-order valence-electron chi connectivity index (χ1n) is 5.91. The highest BCUT2D eigenvalue weighted by atomic mass is 32.2. The molecule has 1 aromatic carbocycles. The Hall–Kier alpha value is -0.710. The van der Waals surface area contributed by atoms with Crippen LogP contribution in [0.15, 0.2) is 18.2 Å². The van der Waals surface area contributed by atoms with Crippen LogP contribution in [0.3, 0.4) is 0 Å². The third-order valence-electron chi connectivity index (χ3n) is 3.23. The molecule has 0 saturated heterocycles. The van der Waals surface area contributed by atoms with Gasteiger partial charge in [0.1, 0.15) is 5.75 Å². The monoisotopic (exact) mass is 253 g/mol. The minimum Gasteiger partial charge on any atom is -0.497 e. The van der Waals surface area contributed by atoms with E-state index in [0.717, 1.165) is 24.3 Å². The Morgan fingerprint density at radius 1 is 1.53 bits per heavy atom. The van der Waals surface area contributed by atoms with Crippen molar-refractivity contribution in [1.29, 1.82) is 0 Å². The first-order chi connectivity index (χ1) is 8.26. The molecule has 94 valence electrons. The molecule has 0 amide bonds. The predicted octanol–water partition coefficient (Wildman–Crippen LogP) is 1.74. The van der Waals surface area contributed by atoms with Gasteiger partial charge in [0.2, 0.25) is 0 Å². The van der Waals surface area contributed by atoms with Crippen LogP contribution in [0.1, 0.15) is 23.6 Å². The summed E-state index contributed by atoms with van der Waals surface area (Å²) in [5, 5.41) is 9.29. The summed E-state index contributed by atoms with van der Waals surface area (Å²) in [6, 6.07) is 6.20. The lowest BCUT2D eigenvalue weighted by molar-refractivity contribution is 0.322. The smallest absolute Gasteiger partial charge is 0.119 e. The van der Waals surface area contributed by atoms with Gasteiger partial charge in [0, 0.05) is 17.0 Å². The van der Waals surface area contributed by atoms with Crippen LogP contribution in [0.25, 0.3) is 0 Å². The lowest BCUT2D eigenvalue weighted by Gasteiger charge is -2.30. The van der Waals surface area contributed by atoms with Gasteiger partial charge in [-0.1, -0.05) is 6.07 Å². The summed E-state index contributed by atoms with van der Waals surface area (Å²) in [5.41, 5.74) is 8.81. The highest BCUT2D eigenvalue weighted by molar-refractivity contribution is 7.99. The van der Waals surface area contributed by atoms with Gasteiger partial charge in [0.05, 0.1) is 13.7 Å². The van der Waals surface area contributed by atoms with Crippen molar-refractivity contribution in [1.82, 2.24) is 0 Å². The zero-order valence-electron chi connectivity index (χ0n) is 10.1. The summed E-state index contributed by atoms with van der Waals surface area (Å²) in [5.74, 6) is 1.67. The number of hydrogen-bond donors (Lipinski definition) is 2.